The monoisotopic (exact) mass is 263 g/mol. The maximum Gasteiger partial charge on any atom is 0.237 e. The first-order chi connectivity index (χ1) is 8.79. The lowest BCUT2D eigenvalue weighted by molar-refractivity contribution is 0.459. The molecule has 1 heterocycles. The van der Waals surface area contributed by atoms with Crippen molar-refractivity contribution in [2.75, 3.05) is 6.54 Å². The van der Waals surface area contributed by atoms with Crippen molar-refractivity contribution in [2.24, 2.45) is 0 Å². The highest BCUT2D eigenvalue weighted by Gasteiger charge is 2.03. The molecule has 0 radical (unpaired) electrons. The third-order valence-corrected chi connectivity index (χ3v) is 2.60. The van der Waals surface area contributed by atoms with E-state index in [1.807, 2.05) is 19.1 Å². The summed E-state index contributed by atoms with van der Waals surface area (Å²) < 4.78 is 5.54. The minimum atomic E-state index is 0.434. The summed E-state index contributed by atoms with van der Waals surface area (Å²) in [7, 11) is 0. The molecule has 1 N–H and O–H groups in total. The molecule has 0 saturated heterocycles. The molecule has 2 rings (SSSR count). The van der Waals surface area contributed by atoms with Crippen molar-refractivity contribution in [3.8, 4) is 11.6 Å². The number of benzene rings is 1. The van der Waals surface area contributed by atoms with Crippen LogP contribution in [0.15, 0.2) is 36.7 Å². The maximum atomic E-state index is 5.99. The van der Waals surface area contributed by atoms with E-state index < -0.39 is 0 Å². The van der Waals surface area contributed by atoms with E-state index in [-0.39, 0.29) is 0 Å². The van der Waals surface area contributed by atoms with Crippen LogP contribution in [0.1, 0.15) is 12.6 Å². The molecule has 94 valence electrons. The van der Waals surface area contributed by atoms with Crippen LogP contribution in [0, 0.1) is 0 Å². The molecule has 0 unspecified atom stereocenters. The van der Waals surface area contributed by atoms with Crippen molar-refractivity contribution in [1.82, 2.24) is 15.3 Å². The third kappa shape index (κ3) is 3.42. The van der Waals surface area contributed by atoms with Gasteiger partial charge in [-0.15, -0.1) is 0 Å². The lowest BCUT2D eigenvalue weighted by atomic mass is 10.3. The van der Waals surface area contributed by atoms with Gasteiger partial charge in [-0.1, -0.05) is 30.7 Å². The third-order valence-electron chi connectivity index (χ3n) is 2.29. The molecular weight excluding hydrogens is 250 g/mol. The largest absolute Gasteiger partial charge is 0.436 e. The van der Waals surface area contributed by atoms with Gasteiger partial charge in [0, 0.05) is 6.54 Å². The Morgan fingerprint density at radius 3 is 2.72 bits per heavy atom. The Kier molecular flexibility index (Phi) is 4.50. The van der Waals surface area contributed by atoms with E-state index in [0.717, 1.165) is 12.2 Å². The predicted molar refractivity (Wildman–Crippen MR) is 70.9 cm³/mol. The van der Waals surface area contributed by atoms with Gasteiger partial charge in [-0.25, -0.2) is 4.98 Å². The molecule has 18 heavy (non-hydrogen) atoms. The summed E-state index contributed by atoms with van der Waals surface area (Å²) in [5.41, 5.74) is 0.878. The second-order valence-electron chi connectivity index (χ2n) is 3.66. The van der Waals surface area contributed by atoms with Crippen molar-refractivity contribution in [3.63, 3.8) is 0 Å². The standard InChI is InChI=1S/C13H14ClN3O/c1-2-15-7-10-8-17-13(9-16-10)18-12-6-4-3-5-11(12)14/h3-6,8-9,15H,2,7H2,1H3. The number of rotatable bonds is 5. The molecule has 0 fully saturated rings. The van der Waals surface area contributed by atoms with E-state index in [1.165, 1.54) is 0 Å². The number of ether oxygens (including phenoxy) is 1. The fourth-order valence-electron chi connectivity index (χ4n) is 1.38. The molecule has 0 aliphatic rings. The summed E-state index contributed by atoms with van der Waals surface area (Å²) in [4.78, 5) is 8.43. The molecular formula is C13H14ClN3O. The van der Waals surface area contributed by atoms with Gasteiger partial charge in [-0.2, -0.15) is 0 Å². The van der Waals surface area contributed by atoms with E-state index in [1.54, 1.807) is 24.5 Å². The summed E-state index contributed by atoms with van der Waals surface area (Å²) >= 11 is 5.99. The van der Waals surface area contributed by atoms with Gasteiger partial charge < -0.3 is 10.1 Å². The van der Waals surface area contributed by atoms with Gasteiger partial charge in [0.25, 0.3) is 0 Å². The number of halogens is 1. The lowest BCUT2D eigenvalue weighted by Gasteiger charge is -2.06. The van der Waals surface area contributed by atoms with Crippen molar-refractivity contribution in [3.05, 3.63) is 47.4 Å². The Morgan fingerprint density at radius 2 is 2.06 bits per heavy atom. The fraction of sp³-hybridized carbons (Fsp3) is 0.231. The van der Waals surface area contributed by atoms with Crippen LogP contribution in [0.2, 0.25) is 5.02 Å². The number of aromatic nitrogens is 2. The molecule has 0 aliphatic heterocycles. The lowest BCUT2D eigenvalue weighted by Crippen LogP contribution is -2.13. The molecule has 0 bridgehead atoms. The van der Waals surface area contributed by atoms with Crippen LogP contribution in [-0.4, -0.2) is 16.5 Å². The van der Waals surface area contributed by atoms with Crippen LogP contribution in [0.4, 0.5) is 0 Å². The highest BCUT2D eigenvalue weighted by molar-refractivity contribution is 6.32. The molecule has 0 atom stereocenters. The smallest absolute Gasteiger partial charge is 0.237 e. The summed E-state index contributed by atoms with van der Waals surface area (Å²) in [5, 5.41) is 3.73. The van der Waals surface area contributed by atoms with Gasteiger partial charge >= 0.3 is 0 Å². The molecule has 5 heteroatoms. The quantitative estimate of drug-likeness (QED) is 0.901. The Bertz CT molecular complexity index is 502. The maximum absolute atomic E-state index is 5.99. The van der Waals surface area contributed by atoms with Gasteiger partial charge in [0.2, 0.25) is 5.88 Å². The number of nitrogens with zero attached hydrogens (tertiary/aromatic N) is 2. The highest BCUT2D eigenvalue weighted by atomic mass is 35.5. The zero-order chi connectivity index (χ0) is 12.8. The normalized spacial score (nSPS) is 10.3. The van der Waals surface area contributed by atoms with Crippen LogP contribution >= 0.6 is 11.6 Å². The summed E-state index contributed by atoms with van der Waals surface area (Å²) in [5.74, 6) is 1.01. The van der Waals surface area contributed by atoms with Crippen LogP contribution in [0.3, 0.4) is 0 Å². The topological polar surface area (TPSA) is 47.0 Å². The number of nitrogens with one attached hydrogen (secondary N) is 1. The van der Waals surface area contributed by atoms with E-state index in [4.69, 9.17) is 16.3 Å². The van der Waals surface area contributed by atoms with Crippen molar-refractivity contribution < 1.29 is 4.74 Å². The molecule has 1 aromatic heterocycles. The van der Waals surface area contributed by atoms with E-state index >= 15 is 0 Å². The minimum Gasteiger partial charge on any atom is -0.436 e. The molecule has 4 nitrogen and oxygen atoms in total. The number of para-hydroxylation sites is 1. The van der Waals surface area contributed by atoms with Gasteiger partial charge in [0.1, 0.15) is 5.75 Å². The molecule has 0 amide bonds. The predicted octanol–water partition coefficient (Wildman–Crippen LogP) is 3.03. The summed E-state index contributed by atoms with van der Waals surface area (Å²) in [6.07, 6.45) is 3.28. The Hall–Kier alpha value is -1.65. The molecule has 0 aliphatic carbocycles. The first-order valence-corrected chi connectivity index (χ1v) is 6.11. The second kappa shape index (κ2) is 6.33. The zero-order valence-corrected chi connectivity index (χ0v) is 10.8. The summed E-state index contributed by atoms with van der Waals surface area (Å²) in [6.45, 7) is 3.65. The van der Waals surface area contributed by atoms with Gasteiger partial charge in [-0.3, -0.25) is 4.98 Å². The van der Waals surface area contributed by atoms with Crippen LogP contribution in [0.5, 0.6) is 11.6 Å². The molecule has 2 aromatic rings. The Labute approximate surface area is 111 Å². The fourth-order valence-corrected chi connectivity index (χ4v) is 1.55. The average Bonchev–Trinajstić information content (AvgIpc) is 2.41. The van der Waals surface area contributed by atoms with E-state index in [2.05, 4.69) is 15.3 Å². The molecule has 1 aromatic carbocycles. The second-order valence-corrected chi connectivity index (χ2v) is 4.07. The van der Waals surface area contributed by atoms with Crippen LogP contribution in [0.25, 0.3) is 0 Å². The molecule has 0 spiro atoms. The molecule has 0 saturated carbocycles. The number of hydrogen-bond acceptors (Lipinski definition) is 4. The van der Waals surface area contributed by atoms with Crippen LogP contribution < -0.4 is 10.1 Å². The van der Waals surface area contributed by atoms with Gasteiger partial charge in [0.05, 0.1) is 23.1 Å². The van der Waals surface area contributed by atoms with Crippen molar-refractivity contribution in [2.45, 2.75) is 13.5 Å². The summed E-state index contributed by atoms with van der Waals surface area (Å²) in [6, 6.07) is 7.26. The first kappa shape index (κ1) is 12.8. The average molecular weight is 264 g/mol. The van der Waals surface area contributed by atoms with Crippen molar-refractivity contribution in [1.29, 1.82) is 0 Å². The SMILES string of the molecule is CCNCc1cnc(Oc2ccccc2Cl)cn1. The highest BCUT2D eigenvalue weighted by Crippen LogP contribution is 2.27. The minimum absolute atomic E-state index is 0.434. The van der Waals surface area contributed by atoms with E-state index in [0.29, 0.717) is 23.2 Å². The van der Waals surface area contributed by atoms with E-state index in [9.17, 15) is 0 Å². The van der Waals surface area contributed by atoms with Crippen LogP contribution in [-0.2, 0) is 6.54 Å². The zero-order valence-electron chi connectivity index (χ0n) is 10.1. The number of hydrogen-bond donors (Lipinski definition) is 1. The van der Waals surface area contributed by atoms with Crippen molar-refractivity contribution >= 4 is 11.6 Å². The van der Waals surface area contributed by atoms with Gasteiger partial charge in [0.15, 0.2) is 0 Å². The first-order valence-electron chi connectivity index (χ1n) is 5.73. The Morgan fingerprint density at radius 1 is 1.22 bits per heavy atom. The Balaban J connectivity index is 2.04. The van der Waals surface area contributed by atoms with Gasteiger partial charge in [-0.05, 0) is 18.7 Å².